The summed E-state index contributed by atoms with van der Waals surface area (Å²) >= 11 is 2.78. The lowest BCUT2D eigenvalue weighted by atomic mass is 10.5. The molecule has 0 aromatic carbocycles. The first-order valence-corrected chi connectivity index (χ1v) is 2.41. The van der Waals surface area contributed by atoms with Crippen LogP contribution in [0.25, 0.3) is 0 Å². The van der Waals surface area contributed by atoms with Crippen molar-refractivity contribution >= 4 is 21.9 Å². The summed E-state index contributed by atoms with van der Waals surface area (Å²) < 4.78 is 0. The zero-order valence-corrected chi connectivity index (χ0v) is 4.86. The lowest BCUT2D eigenvalue weighted by molar-refractivity contribution is -0.304. The molecular weight excluding hydrogens is 148 g/mol. The van der Waals surface area contributed by atoms with E-state index in [1.54, 1.807) is 0 Å². The van der Waals surface area contributed by atoms with Crippen LogP contribution in [0.2, 0.25) is 0 Å². The number of alkyl halides is 1. The molecule has 2 nitrogen and oxygen atoms in total. The third-order valence-corrected chi connectivity index (χ3v) is 0.699. The summed E-state index contributed by atoms with van der Waals surface area (Å²) in [6.45, 7) is 1.50. The Bertz CT molecular complexity index is 59.8. The SMILES string of the molecule is C[C@H](Br)C(=O)[O-]. The van der Waals surface area contributed by atoms with Crippen LogP contribution in [-0.4, -0.2) is 10.8 Å². The van der Waals surface area contributed by atoms with E-state index in [-0.39, 0.29) is 0 Å². The second kappa shape index (κ2) is 2.18. The first kappa shape index (κ1) is 5.95. The number of hydrogen-bond donors (Lipinski definition) is 0. The summed E-state index contributed by atoms with van der Waals surface area (Å²) in [7, 11) is 0. The number of carboxylic acid groups (broad SMARTS) is 1. The maximum absolute atomic E-state index is 9.54. The molecule has 0 bridgehead atoms. The maximum Gasteiger partial charge on any atom is 0.0548 e. The van der Waals surface area contributed by atoms with E-state index in [0.29, 0.717) is 0 Å². The van der Waals surface area contributed by atoms with Crippen LogP contribution in [0.3, 0.4) is 0 Å². The standard InChI is InChI=1S/C3H5BrO2/c1-2(4)3(5)6/h2H,1H3,(H,5,6)/p-1/t2-/m0/s1. The molecule has 0 aromatic heterocycles. The summed E-state index contributed by atoms with van der Waals surface area (Å²) in [5.74, 6) is -1.07. The van der Waals surface area contributed by atoms with E-state index in [2.05, 4.69) is 15.9 Å². The molecule has 0 aliphatic carbocycles. The smallest absolute Gasteiger partial charge is 0.0548 e. The molecule has 0 saturated carbocycles. The molecule has 0 amide bonds. The molecule has 0 aliphatic rings. The van der Waals surface area contributed by atoms with Crippen LogP contribution < -0.4 is 5.11 Å². The van der Waals surface area contributed by atoms with Gasteiger partial charge in [0.1, 0.15) is 0 Å². The molecule has 0 fully saturated rings. The molecule has 0 spiro atoms. The van der Waals surface area contributed by atoms with Gasteiger partial charge in [-0.1, -0.05) is 15.9 Å². The van der Waals surface area contributed by atoms with Crippen molar-refractivity contribution in [2.75, 3.05) is 0 Å². The number of carboxylic acids is 1. The molecule has 0 N–H and O–H groups in total. The quantitative estimate of drug-likeness (QED) is 0.476. The van der Waals surface area contributed by atoms with Crippen LogP contribution in [-0.2, 0) is 4.79 Å². The zero-order chi connectivity index (χ0) is 5.15. The maximum atomic E-state index is 9.54. The Labute approximate surface area is 44.3 Å². The minimum absolute atomic E-state index is 0.530. The fourth-order valence-electron chi connectivity index (χ4n) is 0. The monoisotopic (exact) mass is 151 g/mol. The molecule has 0 heterocycles. The Morgan fingerprint density at radius 2 is 2.17 bits per heavy atom. The number of carbonyl (C=O) groups is 1. The normalized spacial score (nSPS) is 13.7. The Morgan fingerprint density at radius 3 is 2.17 bits per heavy atom. The van der Waals surface area contributed by atoms with E-state index in [1.165, 1.54) is 6.92 Å². The number of carbonyl (C=O) groups excluding carboxylic acids is 1. The van der Waals surface area contributed by atoms with Crippen molar-refractivity contribution in [3.8, 4) is 0 Å². The van der Waals surface area contributed by atoms with Gasteiger partial charge in [0, 0.05) is 0 Å². The van der Waals surface area contributed by atoms with E-state index in [4.69, 9.17) is 0 Å². The largest absolute Gasteiger partial charge is 0.549 e. The fraction of sp³-hybridized carbons (Fsp3) is 0.667. The van der Waals surface area contributed by atoms with Crippen molar-refractivity contribution in [3.05, 3.63) is 0 Å². The second-order valence-electron chi connectivity index (χ2n) is 0.935. The molecule has 36 valence electrons. The number of halogens is 1. The Morgan fingerprint density at radius 1 is 2.00 bits per heavy atom. The lowest BCUT2D eigenvalue weighted by Gasteiger charge is -1.99. The van der Waals surface area contributed by atoms with Crippen molar-refractivity contribution in [2.24, 2.45) is 0 Å². The van der Waals surface area contributed by atoms with Crippen molar-refractivity contribution in [3.63, 3.8) is 0 Å². The van der Waals surface area contributed by atoms with Crippen molar-refractivity contribution in [2.45, 2.75) is 11.8 Å². The van der Waals surface area contributed by atoms with Gasteiger partial charge in [-0.25, -0.2) is 0 Å². The Kier molecular flexibility index (Phi) is 2.16. The van der Waals surface area contributed by atoms with Crippen LogP contribution in [0.4, 0.5) is 0 Å². The van der Waals surface area contributed by atoms with E-state index in [0.717, 1.165) is 0 Å². The first-order valence-electron chi connectivity index (χ1n) is 1.49. The average molecular weight is 152 g/mol. The molecule has 0 aromatic rings. The lowest BCUT2D eigenvalue weighted by Crippen LogP contribution is -2.29. The highest BCUT2D eigenvalue weighted by atomic mass is 79.9. The molecule has 6 heavy (non-hydrogen) atoms. The van der Waals surface area contributed by atoms with Crippen LogP contribution >= 0.6 is 15.9 Å². The summed E-state index contributed by atoms with van der Waals surface area (Å²) in [4.78, 5) is 9.01. The van der Waals surface area contributed by atoms with Crippen LogP contribution in [0.1, 0.15) is 6.92 Å². The van der Waals surface area contributed by atoms with Crippen molar-refractivity contribution < 1.29 is 9.90 Å². The average Bonchev–Trinajstić information content (AvgIpc) is 1.36. The summed E-state index contributed by atoms with van der Waals surface area (Å²) in [6.07, 6.45) is 0. The number of aliphatic carboxylic acids is 1. The first-order chi connectivity index (χ1) is 2.64. The van der Waals surface area contributed by atoms with E-state index < -0.39 is 10.8 Å². The van der Waals surface area contributed by atoms with Crippen LogP contribution in [0.5, 0.6) is 0 Å². The molecule has 0 rings (SSSR count). The van der Waals surface area contributed by atoms with Gasteiger partial charge in [0.25, 0.3) is 0 Å². The molecule has 0 radical (unpaired) electrons. The van der Waals surface area contributed by atoms with Gasteiger partial charge in [0.15, 0.2) is 0 Å². The van der Waals surface area contributed by atoms with E-state index in [1.807, 2.05) is 0 Å². The summed E-state index contributed by atoms with van der Waals surface area (Å²) in [5.41, 5.74) is 0. The van der Waals surface area contributed by atoms with E-state index >= 15 is 0 Å². The summed E-state index contributed by atoms with van der Waals surface area (Å²) in [5, 5.41) is 9.54. The van der Waals surface area contributed by atoms with Gasteiger partial charge in [0.2, 0.25) is 0 Å². The number of rotatable bonds is 1. The van der Waals surface area contributed by atoms with Gasteiger partial charge in [-0.15, -0.1) is 0 Å². The van der Waals surface area contributed by atoms with Crippen LogP contribution in [0, 0.1) is 0 Å². The zero-order valence-electron chi connectivity index (χ0n) is 3.27. The minimum atomic E-state index is -1.07. The van der Waals surface area contributed by atoms with Crippen LogP contribution in [0.15, 0.2) is 0 Å². The predicted octanol–water partition coefficient (Wildman–Crippen LogP) is -0.480. The van der Waals surface area contributed by atoms with Gasteiger partial charge in [-0.3, -0.25) is 0 Å². The molecule has 0 unspecified atom stereocenters. The van der Waals surface area contributed by atoms with Gasteiger partial charge in [0.05, 0.1) is 10.8 Å². The molecule has 0 saturated heterocycles. The van der Waals surface area contributed by atoms with Gasteiger partial charge >= 0.3 is 0 Å². The third kappa shape index (κ3) is 2.20. The predicted molar refractivity (Wildman–Crippen MR) is 23.4 cm³/mol. The molecule has 3 heteroatoms. The van der Waals surface area contributed by atoms with Gasteiger partial charge in [-0.05, 0) is 6.92 Å². The molecule has 1 atom stereocenters. The Balaban J connectivity index is 3.26. The van der Waals surface area contributed by atoms with E-state index in [9.17, 15) is 9.90 Å². The molecular formula is C3H4BrO2-. The number of hydrogen-bond acceptors (Lipinski definition) is 2. The molecule has 0 aliphatic heterocycles. The van der Waals surface area contributed by atoms with Crippen molar-refractivity contribution in [1.82, 2.24) is 0 Å². The minimum Gasteiger partial charge on any atom is -0.549 e. The second-order valence-corrected chi connectivity index (χ2v) is 2.31. The van der Waals surface area contributed by atoms with Crippen molar-refractivity contribution in [1.29, 1.82) is 0 Å². The third-order valence-electron chi connectivity index (χ3n) is 0.325. The topological polar surface area (TPSA) is 40.1 Å². The highest BCUT2D eigenvalue weighted by molar-refractivity contribution is 9.10. The van der Waals surface area contributed by atoms with Gasteiger partial charge < -0.3 is 9.90 Å². The van der Waals surface area contributed by atoms with Gasteiger partial charge in [-0.2, -0.15) is 0 Å². The highest BCUT2D eigenvalue weighted by Gasteiger charge is 1.89. The fourth-order valence-corrected chi connectivity index (χ4v) is 0. The Hall–Kier alpha value is -0.0500. The highest BCUT2D eigenvalue weighted by Crippen LogP contribution is 1.91. The summed E-state index contributed by atoms with van der Waals surface area (Å²) in [6, 6.07) is 0.